The summed E-state index contributed by atoms with van der Waals surface area (Å²) in [5.41, 5.74) is 5.53. The number of hydrogen-bond donors (Lipinski definition) is 2. The summed E-state index contributed by atoms with van der Waals surface area (Å²) < 4.78 is 0. The molecule has 0 aliphatic carbocycles. The molecular weight excluding hydrogens is 344 g/mol. The van der Waals surface area contributed by atoms with Crippen LogP contribution in [0.4, 0.5) is 21.9 Å². The Hall–Kier alpha value is -3.53. The zero-order valence-corrected chi connectivity index (χ0v) is 15.0. The van der Waals surface area contributed by atoms with Crippen molar-refractivity contribution in [2.75, 3.05) is 16.5 Å². The van der Waals surface area contributed by atoms with Gasteiger partial charge in [0.1, 0.15) is 0 Å². The molecule has 0 radical (unpaired) electrons. The highest BCUT2D eigenvalue weighted by Crippen LogP contribution is 2.37. The second-order valence-corrected chi connectivity index (χ2v) is 6.36. The normalized spacial score (nSPS) is 13.8. The fourth-order valence-corrected chi connectivity index (χ4v) is 3.24. The lowest BCUT2D eigenvalue weighted by atomic mass is 10.1. The summed E-state index contributed by atoms with van der Waals surface area (Å²) in [6.07, 6.45) is 1.03. The standard InChI is InChI=1S/C20H20N4O3/c1-14-5-4-6-17(23-12-3-2-7-18(23)25)19(14)24(22-20(26)27)16-10-8-15(13-21)9-11-16/h4-6,8-11,22H,2-3,7,12H2,1H3,(H,26,27). The van der Waals surface area contributed by atoms with Crippen molar-refractivity contribution in [3.63, 3.8) is 0 Å². The van der Waals surface area contributed by atoms with Crippen molar-refractivity contribution in [2.45, 2.75) is 26.2 Å². The second kappa shape index (κ2) is 7.79. The quantitative estimate of drug-likeness (QED) is 0.806. The Bertz CT molecular complexity index is 902. The molecular formula is C20H20N4O3. The SMILES string of the molecule is Cc1cccc(N2CCCCC2=O)c1N(NC(=O)O)c1ccc(C#N)cc1. The Morgan fingerprint density at radius 1 is 1.22 bits per heavy atom. The molecule has 0 spiro atoms. The Labute approximate surface area is 157 Å². The lowest BCUT2D eigenvalue weighted by molar-refractivity contribution is -0.119. The molecule has 2 N–H and O–H groups in total. The van der Waals surface area contributed by atoms with Crippen molar-refractivity contribution in [3.8, 4) is 6.07 Å². The predicted octanol–water partition coefficient (Wildman–Crippen LogP) is 3.70. The third-order valence-corrected chi connectivity index (χ3v) is 4.52. The molecule has 2 amide bonds. The minimum Gasteiger partial charge on any atom is -0.464 e. The third kappa shape index (κ3) is 3.85. The van der Waals surface area contributed by atoms with Crippen molar-refractivity contribution >= 4 is 29.1 Å². The van der Waals surface area contributed by atoms with E-state index in [1.807, 2.05) is 31.2 Å². The molecule has 0 bridgehead atoms. The maximum absolute atomic E-state index is 12.5. The van der Waals surface area contributed by atoms with Gasteiger partial charge in [0, 0.05) is 13.0 Å². The van der Waals surface area contributed by atoms with Crippen LogP contribution in [0.1, 0.15) is 30.4 Å². The van der Waals surface area contributed by atoms with E-state index >= 15 is 0 Å². The van der Waals surface area contributed by atoms with E-state index in [0.29, 0.717) is 35.6 Å². The van der Waals surface area contributed by atoms with E-state index in [4.69, 9.17) is 5.26 Å². The number of nitrogens with one attached hydrogen (secondary N) is 1. The molecule has 1 saturated heterocycles. The molecule has 0 unspecified atom stereocenters. The summed E-state index contributed by atoms with van der Waals surface area (Å²) in [6, 6.07) is 14.2. The molecule has 7 heteroatoms. The molecule has 1 fully saturated rings. The van der Waals surface area contributed by atoms with Crippen molar-refractivity contribution < 1.29 is 14.7 Å². The Morgan fingerprint density at radius 3 is 2.59 bits per heavy atom. The topological polar surface area (TPSA) is 96.7 Å². The van der Waals surface area contributed by atoms with Crippen molar-refractivity contribution in [2.24, 2.45) is 0 Å². The number of hydrogen-bond acceptors (Lipinski definition) is 4. The van der Waals surface area contributed by atoms with Gasteiger partial charge in [-0.25, -0.2) is 15.2 Å². The van der Waals surface area contributed by atoms with Crippen LogP contribution in [0.15, 0.2) is 42.5 Å². The number of nitrogens with zero attached hydrogens (tertiary/aromatic N) is 3. The monoisotopic (exact) mass is 364 g/mol. The number of carboxylic acid groups (broad SMARTS) is 1. The van der Waals surface area contributed by atoms with Crippen LogP contribution in [-0.2, 0) is 4.79 Å². The zero-order chi connectivity index (χ0) is 19.4. The number of amides is 2. The van der Waals surface area contributed by atoms with Crippen LogP contribution < -0.4 is 15.3 Å². The molecule has 2 aromatic carbocycles. The van der Waals surface area contributed by atoms with Crippen molar-refractivity contribution in [1.82, 2.24) is 5.43 Å². The third-order valence-electron chi connectivity index (χ3n) is 4.52. The number of hydrazine groups is 1. The van der Waals surface area contributed by atoms with Gasteiger partial charge >= 0.3 is 6.09 Å². The van der Waals surface area contributed by atoms with Crippen LogP contribution in [0.2, 0.25) is 0 Å². The molecule has 0 aromatic heterocycles. The minimum absolute atomic E-state index is 0.0307. The summed E-state index contributed by atoms with van der Waals surface area (Å²) >= 11 is 0. The van der Waals surface area contributed by atoms with E-state index in [-0.39, 0.29) is 5.91 Å². The molecule has 0 saturated carbocycles. The van der Waals surface area contributed by atoms with Gasteiger partial charge in [-0.15, -0.1) is 0 Å². The number of aryl methyl sites for hydroxylation is 1. The number of nitriles is 1. The second-order valence-electron chi connectivity index (χ2n) is 6.36. The van der Waals surface area contributed by atoms with Gasteiger partial charge in [0.15, 0.2) is 0 Å². The number of para-hydroxylation sites is 1. The maximum Gasteiger partial charge on any atom is 0.423 e. The van der Waals surface area contributed by atoms with Gasteiger partial charge in [-0.05, 0) is 55.7 Å². The predicted molar refractivity (Wildman–Crippen MR) is 102 cm³/mol. The molecule has 2 aromatic rings. The molecule has 138 valence electrons. The Balaban J connectivity index is 2.12. The lowest BCUT2D eigenvalue weighted by Crippen LogP contribution is -2.41. The van der Waals surface area contributed by atoms with Gasteiger partial charge in [0.25, 0.3) is 0 Å². The van der Waals surface area contributed by atoms with Gasteiger partial charge in [0.05, 0.1) is 28.7 Å². The van der Waals surface area contributed by atoms with Crippen molar-refractivity contribution in [1.29, 1.82) is 5.26 Å². The summed E-state index contributed by atoms with van der Waals surface area (Å²) in [7, 11) is 0. The summed E-state index contributed by atoms with van der Waals surface area (Å²) in [4.78, 5) is 25.6. The van der Waals surface area contributed by atoms with E-state index in [0.717, 1.165) is 18.4 Å². The van der Waals surface area contributed by atoms with Gasteiger partial charge in [-0.1, -0.05) is 12.1 Å². The number of anilines is 3. The highest BCUT2D eigenvalue weighted by atomic mass is 16.4. The zero-order valence-electron chi connectivity index (χ0n) is 15.0. The number of carbonyl (C=O) groups excluding carboxylic acids is 1. The van der Waals surface area contributed by atoms with Gasteiger partial charge in [-0.2, -0.15) is 5.26 Å². The highest BCUT2D eigenvalue weighted by Gasteiger charge is 2.26. The molecule has 3 rings (SSSR count). The first-order chi connectivity index (χ1) is 13.0. The number of piperidine rings is 1. The van der Waals surface area contributed by atoms with E-state index in [1.54, 1.807) is 29.2 Å². The summed E-state index contributed by atoms with van der Waals surface area (Å²) in [5, 5.41) is 19.8. The Kier molecular flexibility index (Phi) is 5.27. The largest absolute Gasteiger partial charge is 0.464 e. The van der Waals surface area contributed by atoms with Gasteiger partial charge < -0.3 is 10.0 Å². The lowest BCUT2D eigenvalue weighted by Gasteiger charge is -2.33. The number of rotatable bonds is 4. The average Bonchev–Trinajstić information content (AvgIpc) is 2.67. The molecule has 0 atom stereocenters. The smallest absolute Gasteiger partial charge is 0.423 e. The summed E-state index contributed by atoms with van der Waals surface area (Å²) in [6.45, 7) is 2.47. The van der Waals surface area contributed by atoms with Crippen LogP contribution >= 0.6 is 0 Å². The van der Waals surface area contributed by atoms with Gasteiger partial charge in [-0.3, -0.25) is 4.79 Å². The van der Waals surface area contributed by atoms with Crippen LogP contribution in [0.25, 0.3) is 0 Å². The summed E-state index contributed by atoms with van der Waals surface area (Å²) in [5.74, 6) is 0.0307. The van der Waals surface area contributed by atoms with Crippen molar-refractivity contribution in [3.05, 3.63) is 53.6 Å². The van der Waals surface area contributed by atoms with E-state index in [1.165, 1.54) is 5.01 Å². The fourth-order valence-electron chi connectivity index (χ4n) is 3.24. The van der Waals surface area contributed by atoms with E-state index < -0.39 is 6.09 Å². The molecule has 27 heavy (non-hydrogen) atoms. The first-order valence-electron chi connectivity index (χ1n) is 8.71. The molecule has 7 nitrogen and oxygen atoms in total. The first kappa shape index (κ1) is 18.3. The van der Waals surface area contributed by atoms with Crippen LogP contribution in [0.3, 0.4) is 0 Å². The highest BCUT2D eigenvalue weighted by molar-refractivity contribution is 5.99. The Morgan fingerprint density at radius 2 is 1.96 bits per heavy atom. The van der Waals surface area contributed by atoms with Gasteiger partial charge in [0.2, 0.25) is 5.91 Å². The molecule has 1 aliphatic heterocycles. The molecule has 1 aliphatic rings. The number of carbonyl (C=O) groups is 2. The fraction of sp³-hybridized carbons (Fsp3) is 0.250. The van der Waals surface area contributed by atoms with Crippen LogP contribution in [-0.4, -0.2) is 23.7 Å². The van der Waals surface area contributed by atoms with Crippen LogP contribution in [0.5, 0.6) is 0 Å². The van der Waals surface area contributed by atoms with E-state index in [2.05, 4.69) is 5.43 Å². The molecule has 1 heterocycles. The van der Waals surface area contributed by atoms with E-state index in [9.17, 15) is 14.7 Å². The first-order valence-corrected chi connectivity index (χ1v) is 8.71. The van der Waals surface area contributed by atoms with Crippen LogP contribution in [0, 0.1) is 18.3 Å². The number of benzene rings is 2. The minimum atomic E-state index is -1.22. The maximum atomic E-state index is 12.5. The average molecular weight is 364 g/mol.